The molecule has 202 valence electrons. The fraction of sp³-hybridized carbons (Fsp3) is 0.643. The van der Waals surface area contributed by atoms with Crippen LogP contribution in [0.4, 0.5) is 11.4 Å². The molecular weight excluding hydrogens is 465 g/mol. The van der Waals surface area contributed by atoms with Crippen molar-refractivity contribution in [2.75, 3.05) is 63.6 Å². The molecule has 1 aromatic rings. The van der Waals surface area contributed by atoms with E-state index in [1.165, 1.54) is 55.6 Å². The Morgan fingerprint density at radius 1 is 1.14 bits per heavy atom. The van der Waals surface area contributed by atoms with Crippen molar-refractivity contribution in [3.05, 3.63) is 47.6 Å². The molecule has 3 atom stereocenters. The lowest BCUT2D eigenvalue weighted by molar-refractivity contribution is 0.0982. The summed E-state index contributed by atoms with van der Waals surface area (Å²) in [4.78, 5) is 7.74. The number of rotatable bonds is 7. The summed E-state index contributed by atoms with van der Waals surface area (Å²) in [6.45, 7) is 17.1. The summed E-state index contributed by atoms with van der Waals surface area (Å²) in [5, 5.41) is 11.9. The lowest BCUT2D eigenvalue weighted by atomic mass is 10.0. The summed E-state index contributed by atoms with van der Waals surface area (Å²) in [7, 11) is 4.85. The van der Waals surface area contributed by atoms with Gasteiger partial charge in [0.05, 0.1) is 5.78 Å². The van der Waals surface area contributed by atoms with Crippen LogP contribution in [0, 0.1) is 6.92 Å². The first-order chi connectivity index (χ1) is 17.4. The predicted molar refractivity (Wildman–Crippen MR) is 159 cm³/mol. The normalized spacial score (nSPS) is 24.7. The Hall–Kier alpha value is -1.79. The SMILES string of the molecule is C=CCC.CCC1=C(NC)NC(Nc2ccc(N3CCC(N4CCN(C)CC4)CC3)c(C)c2)C(N)P1. The van der Waals surface area contributed by atoms with Crippen LogP contribution in [0.25, 0.3) is 0 Å². The van der Waals surface area contributed by atoms with E-state index in [9.17, 15) is 0 Å². The molecule has 5 N–H and O–H groups in total. The second kappa shape index (κ2) is 14.2. The average molecular weight is 516 g/mol. The van der Waals surface area contributed by atoms with Gasteiger partial charge in [-0.25, -0.2) is 0 Å². The van der Waals surface area contributed by atoms with Gasteiger partial charge in [-0.05, 0) is 68.7 Å². The Labute approximate surface area is 221 Å². The zero-order valence-corrected chi connectivity index (χ0v) is 24.2. The van der Waals surface area contributed by atoms with Crippen molar-refractivity contribution in [3.8, 4) is 0 Å². The van der Waals surface area contributed by atoms with E-state index in [0.717, 1.165) is 43.5 Å². The van der Waals surface area contributed by atoms with E-state index in [-0.39, 0.29) is 11.9 Å². The number of piperazine rings is 1. The molecule has 3 aliphatic rings. The van der Waals surface area contributed by atoms with Crippen LogP contribution in [0.5, 0.6) is 0 Å². The van der Waals surface area contributed by atoms with E-state index in [1.807, 2.05) is 13.1 Å². The minimum absolute atomic E-state index is 0.0377. The number of nitrogens with one attached hydrogen (secondary N) is 3. The Kier molecular flexibility index (Phi) is 11.4. The van der Waals surface area contributed by atoms with Crippen LogP contribution in [0.3, 0.4) is 0 Å². The third-order valence-electron chi connectivity index (χ3n) is 7.57. The summed E-state index contributed by atoms with van der Waals surface area (Å²) in [5.74, 6) is 1.21. The molecule has 3 aliphatic heterocycles. The molecule has 4 rings (SSSR count). The van der Waals surface area contributed by atoms with Crippen molar-refractivity contribution in [1.82, 2.24) is 20.4 Å². The summed E-state index contributed by atoms with van der Waals surface area (Å²) in [6.07, 6.45) is 6.56. The molecule has 0 spiro atoms. The minimum atomic E-state index is 0.0377. The Balaban J connectivity index is 0.000000840. The van der Waals surface area contributed by atoms with Crippen LogP contribution in [0.1, 0.15) is 45.1 Å². The number of likely N-dealkylation sites (N-methyl/N-ethyl adjacent to an activating group) is 1. The van der Waals surface area contributed by atoms with E-state index in [0.29, 0.717) is 8.58 Å². The topological polar surface area (TPSA) is 71.8 Å². The van der Waals surface area contributed by atoms with Gasteiger partial charge < -0.3 is 31.5 Å². The number of hydrogen-bond acceptors (Lipinski definition) is 7. The molecule has 2 saturated heterocycles. The van der Waals surface area contributed by atoms with E-state index in [2.05, 4.69) is 83.2 Å². The van der Waals surface area contributed by atoms with Gasteiger partial charge in [0.2, 0.25) is 0 Å². The van der Waals surface area contributed by atoms with Crippen LogP contribution < -0.4 is 26.6 Å². The molecule has 2 fully saturated rings. The second-order valence-corrected chi connectivity index (χ2v) is 11.7. The number of aryl methyl sites for hydroxylation is 1. The third kappa shape index (κ3) is 7.61. The molecule has 3 unspecified atom stereocenters. The van der Waals surface area contributed by atoms with Gasteiger partial charge in [-0.2, -0.15) is 0 Å². The molecule has 3 heterocycles. The average Bonchev–Trinajstić information content (AvgIpc) is 2.90. The Morgan fingerprint density at radius 2 is 1.81 bits per heavy atom. The van der Waals surface area contributed by atoms with Crippen molar-refractivity contribution in [3.63, 3.8) is 0 Å². The zero-order chi connectivity index (χ0) is 26.1. The molecule has 0 radical (unpaired) electrons. The largest absolute Gasteiger partial charge is 0.375 e. The van der Waals surface area contributed by atoms with E-state index >= 15 is 0 Å². The highest BCUT2D eigenvalue weighted by atomic mass is 31.1. The second-order valence-electron chi connectivity index (χ2n) is 10.1. The fourth-order valence-electron chi connectivity index (χ4n) is 5.26. The lowest BCUT2D eigenvalue weighted by Crippen LogP contribution is -2.52. The summed E-state index contributed by atoms with van der Waals surface area (Å²) >= 11 is 0. The highest BCUT2D eigenvalue weighted by molar-refractivity contribution is 7.44. The maximum atomic E-state index is 6.49. The number of allylic oxidation sites excluding steroid dienone is 2. The first-order valence-corrected chi connectivity index (χ1v) is 14.8. The number of anilines is 2. The van der Waals surface area contributed by atoms with Crippen LogP contribution >= 0.6 is 8.58 Å². The number of nitrogens with zero attached hydrogens (tertiary/aromatic N) is 3. The van der Waals surface area contributed by atoms with Gasteiger partial charge in [0.25, 0.3) is 0 Å². The predicted octanol–water partition coefficient (Wildman–Crippen LogP) is 3.90. The van der Waals surface area contributed by atoms with Crippen LogP contribution in [0.2, 0.25) is 0 Å². The summed E-state index contributed by atoms with van der Waals surface area (Å²) in [5.41, 5.74) is 10.3. The highest BCUT2D eigenvalue weighted by Gasteiger charge is 2.28. The monoisotopic (exact) mass is 515 g/mol. The Bertz CT molecular complexity index is 857. The molecule has 0 aliphatic carbocycles. The number of hydrogen-bond donors (Lipinski definition) is 4. The van der Waals surface area contributed by atoms with E-state index in [4.69, 9.17) is 5.73 Å². The quantitative estimate of drug-likeness (QED) is 0.324. The van der Waals surface area contributed by atoms with Crippen molar-refractivity contribution < 1.29 is 0 Å². The van der Waals surface area contributed by atoms with Gasteiger partial charge in [0.15, 0.2) is 0 Å². The van der Waals surface area contributed by atoms with Crippen molar-refractivity contribution in [2.24, 2.45) is 5.73 Å². The number of nitrogens with two attached hydrogens (primary N) is 1. The fourth-order valence-corrected chi connectivity index (χ4v) is 6.54. The Morgan fingerprint density at radius 3 is 2.36 bits per heavy atom. The third-order valence-corrected chi connectivity index (χ3v) is 9.19. The standard InChI is InChI=1S/C24H42N7P.C4H8/c1-5-21-23(26-3)28-24(22(25)32-21)27-18-6-7-20(17(2)16-18)31-10-8-19(9-11-31)30-14-12-29(4)13-15-30;1-3-4-2/h6-7,16,19,22,24,26-28,32H,5,8-15,25H2,1-4H3;3H,1,4H2,2H3. The van der Waals surface area contributed by atoms with Gasteiger partial charge in [-0.1, -0.05) is 28.5 Å². The zero-order valence-electron chi connectivity index (χ0n) is 23.2. The van der Waals surface area contributed by atoms with Crippen molar-refractivity contribution >= 4 is 20.0 Å². The first-order valence-electron chi connectivity index (χ1n) is 13.7. The molecule has 7 nitrogen and oxygen atoms in total. The number of piperidine rings is 1. The van der Waals surface area contributed by atoms with Crippen LogP contribution in [-0.4, -0.2) is 81.2 Å². The van der Waals surface area contributed by atoms with Crippen molar-refractivity contribution in [1.29, 1.82) is 0 Å². The van der Waals surface area contributed by atoms with E-state index < -0.39 is 0 Å². The smallest absolute Gasteiger partial charge is 0.117 e. The van der Waals surface area contributed by atoms with Crippen LogP contribution in [0.15, 0.2) is 42.0 Å². The van der Waals surface area contributed by atoms with Gasteiger partial charge in [0, 0.05) is 63.7 Å². The number of benzene rings is 1. The summed E-state index contributed by atoms with van der Waals surface area (Å²) in [6, 6.07) is 7.53. The maximum absolute atomic E-state index is 6.49. The van der Waals surface area contributed by atoms with Gasteiger partial charge >= 0.3 is 0 Å². The lowest BCUT2D eigenvalue weighted by Gasteiger charge is -2.43. The highest BCUT2D eigenvalue weighted by Crippen LogP contribution is 2.36. The molecule has 0 saturated carbocycles. The van der Waals surface area contributed by atoms with Crippen LogP contribution in [-0.2, 0) is 0 Å². The molecule has 0 amide bonds. The molecule has 0 aromatic heterocycles. The maximum Gasteiger partial charge on any atom is 0.117 e. The molecule has 36 heavy (non-hydrogen) atoms. The first kappa shape index (κ1) is 28.8. The van der Waals surface area contributed by atoms with Gasteiger partial charge in [0.1, 0.15) is 12.0 Å². The molecule has 8 heteroatoms. The van der Waals surface area contributed by atoms with Crippen molar-refractivity contribution in [2.45, 2.75) is 64.4 Å². The molecule has 0 bridgehead atoms. The van der Waals surface area contributed by atoms with Gasteiger partial charge in [-0.15, -0.1) is 6.58 Å². The molecular formula is C28H50N7P. The van der Waals surface area contributed by atoms with E-state index in [1.54, 1.807) is 0 Å². The summed E-state index contributed by atoms with van der Waals surface area (Å²) < 4.78 is 0. The molecule has 1 aromatic carbocycles. The van der Waals surface area contributed by atoms with Gasteiger partial charge in [-0.3, -0.25) is 4.90 Å². The minimum Gasteiger partial charge on any atom is -0.375 e.